The van der Waals surface area contributed by atoms with Crippen LogP contribution in [0.2, 0.25) is 0 Å². The van der Waals surface area contributed by atoms with Crippen molar-refractivity contribution >= 4 is 0 Å². The quantitative estimate of drug-likeness (QED) is 0.657. The Morgan fingerprint density at radius 3 is 2.62 bits per heavy atom. The standard InChI is InChI=1S/C11H20O2/c1-3-4-10-6-8-11(13-10)7-5-9(2)12-11/h9-10H,3-8H2,1-2H3. The van der Waals surface area contributed by atoms with E-state index in [1.165, 1.54) is 25.7 Å². The fraction of sp³-hybridized carbons (Fsp3) is 1.00. The monoisotopic (exact) mass is 184 g/mol. The first kappa shape index (κ1) is 9.47. The highest BCUT2D eigenvalue weighted by Gasteiger charge is 2.45. The van der Waals surface area contributed by atoms with E-state index in [-0.39, 0.29) is 5.79 Å². The second-order valence-corrected chi connectivity index (χ2v) is 4.45. The van der Waals surface area contributed by atoms with Gasteiger partial charge in [0.1, 0.15) is 0 Å². The highest BCUT2D eigenvalue weighted by Crippen LogP contribution is 2.42. The van der Waals surface area contributed by atoms with Gasteiger partial charge in [0.2, 0.25) is 0 Å². The van der Waals surface area contributed by atoms with Crippen molar-refractivity contribution in [1.29, 1.82) is 0 Å². The van der Waals surface area contributed by atoms with Crippen molar-refractivity contribution in [2.75, 3.05) is 0 Å². The molecule has 2 nitrogen and oxygen atoms in total. The molecule has 2 heterocycles. The Kier molecular flexibility index (Phi) is 2.61. The maximum absolute atomic E-state index is 6.00. The average molecular weight is 184 g/mol. The van der Waals surface area contributed by atoms with Crippen molar-refractivity contribution in [3.63, 3.8) is 0 Å². The molecule has 1 spiro atoms. The minimum atomic E-state index is -0.167. The van der Waals surface area contributed by atoms with Crippen LogP contribution in [0.3, 0.4) is 0 Å². The number of hydrogen-bond donors (Lipinski definition) is 0. The summed E-state index contributed by atoms with van der Waals surface area (Å²) in [5.74, 6) is -0.167. The maximum atomic E-state index is 6.00. The molecule has 0 aromatic rings. The van der Waals surface area contributed by atoms with Crippen LogP contribution in [0.5, 0.6) is 0 Å². The lowest BCUT2D eigenvalue weighted by Crippen LogP contribution is -2.28. The van der Waals surface area contributed by atoms with Crippen LogP contribution in [-0.4, -0.2) is 18.0 Å². The molecule has 13 heavy (non-hydrogen) atoms. The molecular weight excluding hydrogens is 164 g/mol. The Hall–Kier alpha value is -0.0800. The molecule has 0 bridgehead atoms. The van der Waals surface area contributed by atoms with Crippen molar-refractivity contribution in [1.82, 2.24) is 0 Å². The fourth-order valence-corrected chi connectivity index (χ4v) is 2.51. The number of ether oxygens (including phenoxy) is 2. The lowest BCUT2D eigenvalue weighted by atomic mass is 10.1. The van der Waals surface area contributed by atoms with Crippen LogP contribution in [0.1, 0.15) is 52.4 Å². The van der Waals surface area contributed by atoms with Gasteiger partial charge in [0, 0.05) is 12.8 Å². The van der Waals surface area contributed by atoms with Crippen LogP contribution >= 0.6 is 0 Å². The summed E-state index contributed by atoms with van der Waals surface area (Å²) in [6.45, 7) is 4.36. The number of rotatable bonds is 2. The lowest BCUT2D eigenvalue weighted by Gasteiger charge is -2.24. The van der Waals surface area contributed by atoms with Gasteiger partial charge in [-0.25, -0.2) is 0 Å². The smallest absolute Gasteiger partial charge is 0.169 e. The van der Waals surface area contributed by atoms with Gasteiger partial charge < -0.3 is 9.47 Å². The van der Waals surface area contributed by atoms with E-state index in [2.05, 4.69) is 13.8 Å². The SMILES string of the molecule is CCCC1CCC2(CCC(C)O2)O1. The molecule has 2 rings (SSSR count). The Labute approximate surface area is 80.6 Å². The summed E-state index contributed by atoms with van der Waals surface area (Å²) in [5.41, 5.74) is 0. The lowest BCUT2D eigenvalue weighted by molar-refractivity contribution is -0.214. The Morgan fingerprint density at radius 1 is 1.23 bits per heavy atom. The third-order valence-corrected chi connectivity index (χ3v) is 3.19. The zero-order chi connectivity index (χ0) is 9.31. The van der Waals surface area contributed by atoms with E-state index in [9.17, 15) is 0 Å². The number of hydrogen-bond acceptors (Lipinski definition) is 2. The summed E-state index contributed by atoms with van der Waals surface area (Å²) in [5, 5.41) is 0. The topological polar surface area (TPSA) is 18.5 Å². The third kappa shape index (κ3) is 1.89. The predicted molar refractivity (Wildman–Crippen MR) is 51.5 cm³/mol. The van der Waals surface area contributed by atoms with E-state index in [1.807, 2.05) is 0 Å². The Balaban J connectivity index is 1.89. The first-order valence-corrected chi connectivity index (χ1v) is 5.60. The van der Waals surface area contributed by atoms with Crippen molar-refractivity contribution in [3.8, 4) is 0 Å². The second kappa shape index (κ2) is 3.58. The Bertz CT molecular complexity index is 181. The van der Waals surface area contributed by atoms with Crippen molar-refractivity contribution < 1.29 is 9.47 Å². The van der Waals surface area contributed by atoms with E-state index < -0.39 is 0 Å². The fourth-order valence-electron chi connectivity index (χ4n) is 2.51. The summed E-state index contributed by atoms with van der Waals surface area (Å²) in [6, 6.07) is 0. The molecule has 2 saturated heterocycles. The van der Waals surface area contributed by atoms with E-state index in [1.54, 1.807) is 0 Å². The molecule has 0 N–H and O–H groups in total. The van der Waals surface area contributed by atoms with Gasteiger partial charge in [0.25, 0.3) is 0 Å². The highest BCUT2D eigenvalue weighted by molar-refractivity contribution is 4.86. The highest BCUT2D eigenvalue weighted by atomic mass is 16.7. The van der Waals surface area contributed by atoms with Crippen LogP contribution in [0.4, 0.5) is 0 Å². The predicted octanol–water partition coefficient (Wildman–Crippen LogP) is 2.86. The van der Waals surface area contributed by atoms with Gasteiger partial charge in [-0.3, -0.25) is 0 Å². The first-order chi connectivity index (χ1) is 6.24. The van der Waals surface area contributed by atoms with Crippen LogP contribution in [-0.2, 0) is 9.47 Å². The van der Waals surface area contributed by atoms with E-state index in [0.29, 0.717) is 12.2 Å². The molecule has 3 unspecified atom stereocenters. The molecule has 0 aromatic carbocycles. The second-order valence-electron chi connectivity index (χ2n) is 4.45. The first-order valence-electron chi connectivity index (χ1n) is 5.60. The molecule has 2 aliphatic rings. The van der Waals surface area contributed by atoms with Gasteiger partial charge in [-0.2, -0.15) is 0 Å². The molecule has 2 fully saturated rings. The van der Waals surface area contributed by atoms with Crippen LogP contribution in [0, 0.1) is 0 Å². The zero-order valence-corrected chi connectivity index (χ0v) is 8.71. The average Bonchev–Trinajstić information content (AvgIpc) is 2.62. The summed E-state index contributed by atoms with van der Waals surface area (Å²) in [7, 11) is 0. The maximum Gasteiger partial charge on any atom is 0.169 e. The van der Waals surface area contributed by atoms with Gasteiger partial charge in [0.15, 0.2) is 5.79 Å². The molecule has 0 aromatic heterocycles. The van der Waals surface area contributed by atoms with Gasteiger partial charge in [-0.1, -0.05) is 13.3 Å². The Morgan fingerprint density at radius 2 is 2.00 bits per heavy atom. The van der Waals surface area contributed by atoms with Gasteiger partial charge >= 0.3 is 0 Å². The molecule has 2 heteroatoms. The molecule has 3 atom stereocenters. The third-order valence-electron chi connectivity index (χ3n) is 3.19. The van der Waals surface area contributed by atoms with Gasteiger partial charge in [0.05, 0.1) is 12.2 Å². The normalized spacial score (nSPS) is 44.8. The van der Waals surface area contributed by atoms with Gasteiger partial charge in [-0.05, 0) is 26.2 Å². The summed E-state index contributed by atoms with van der Waals surface area (Å²) < 4.78 is 11.9. The minimum Gasteiger partial charge on any atom is -0.347 e. The van der Waals surface area contributed by atoms with Crippen molar-refractivity contribution in [2.24, 2.45) is 0 Å². The van der Waals surface area contributed by atoms with Crippen LogP contribution in [0.25, 0.3) is 0 Å². The van der Waals surface area contributed by atoms with E-state index in [0.717, 1.165) is 12.8 Å². The minimum absolute atomic E-state index is 0.167. The molecule has 76 valence electrons. The summed E-state index contributed by atoms with van der Waals surface area (Å²) in [6.07, 6.45) is 7.86. The van der Waals surface area contributed by atoms with Crippen LogP contribution < -0.4 is 0 Å². The molecule has 0 radical (unpaired) electrons. The summed E-state index contributed by atoms with van der Waals surface area (Å²) in [4.78, 5) is 0. The van der Waals surface area contributed by atoms with Crippen molar-refractivity contribution in [3.05, 3.63) is 0 Å². The zero-order valence-electron chi connectivity index (χ0n) is 8.71. The van der Waals surface area contributed by atoms with E-state index in [4.69, 9.17) is 9.47 Å². The summed E-state index contributed by atoms with van der Waals surface area (Å²) >= 11 is 0. The molecule has 2 aliphatic heterocycles. The molecule has 0 aliphatic carbocycles. The van der Waals surface area contributed by atoms with E-state index >= 15 is 0 Å². The molecule has 0 saturated carbocycles. The van der Waals surface area contributed by atoms with Crippen LogP contribution in [0.15, 0.2) is 0 Å². The largest absolute Gasteiger partial charge is 0.347 e. The van der Waals surface area contributed by atoms with Crippen molar-refractivity contribution in [2.45, 2.75) is 70.4 Å². The molecule has 0 amide bonds. The molecular formula is C11H20O2. The van der Waals surface area contributed by atoms with Gasteiger partial charge in [-0.15, -0.1) is 0 Å².